The zero-order valence-corrected chi connectivity index (χ0v) is 28.3. The number of phenolic OH excluding ortho intramolecular Hbond substituents is 1. The molecule has 4 heteroatoms. The number of rotatable bonds is 12. The van der Waals surface area contributed by atoms with Gasteiger partial charge in [0.25, 0.3) is 0 Å². The predicted molar refractivity (Wildman–Crippen MR) is 179 cm³/mol. The highest BCUT2D eigenvalue weighted by molar-refractivity contribution is 5.45. The SMILES string of the molecule is CC(Cc1ccc(O)c(CC(C)OC2CCCCCCC2)c1CC(C)OC1CCCCCCC1)OC1CCCCCCC1. The van der Waals surface area contributed by atoms with Gasteiger partial charge in [0.15, 0.2) is 0 Å². The van der Waals surface area contributed by atoms with Crippen LogP contribution >= 0.6 is 0 Å². The van der Waals surface area contributed by atoms with E-state index < -0.39 is 0 Å². The minimum absolute atomic E-state index is 0.0785. The van der Waals surface area contributed by atoms with Crippen molar-refractivity contribution >= 4 is 0 Å². The van der Waals surface area contributed by atoms with Crippen molar-refractivity contribution in [1.29, 1.82) is 0 Å². The Morgan fingerprint density at radius 1 is 0.488 bits per heavy atom. The third kappa shape index (κ3) is 12.7. The fourth-order valence-electron chi connectivity index (χ4n) is 8.08. The largest absolute Gasteiger partial charge is 0.508 e. The molecule has 0 aromatic heterocycles. The topological polar surface area (TPSA) is 47.9 Å². The lowest BCUT2D eigenvalue weighted by molar-refractivity contribution is -0.0189. The molecule has 0 heterocycles. The molecule has 3 aliphatic carbocycles. The maximum Gasteiger partial charge on any atom is 0.119 e. The fraction of sp³-hybridized carbons (Fsp3) is 0.846. The highest BCUT2D eigenvalue weighted by Crippen LogP contribution is 2.32. The van der Waals surface area contributed by atoms with E-state index in [1.807, 2.05) is 6.07 Å². The predicted octanol–water partition coefficient (Wildman–Crippen LogP) is 10.6. The third-order valence-corrected chi connectivity index (χ3v) is 10.4. The van der Waals surface area contributed by atoms with E-state index in [1.54, 1.807) is 0 Å². The summed E-state index contributed by atoms with van der Waals surface area (Å²) in [6.45, 7) is 6.71. The molecule has 0 bridgehead atoms. The van der Waals surface area contributed by atoms with Gasteiger partial charge in [-0.1, -0.05) is 102 Å². The molecule has 3 unspecified atom stereocenters. The standard InChI is InChI=1S/C39H66O4/c1-30(41-34-19-13-7-4-8-14-20-34)27-33-25-26-39(40)38(29-32(3)43-36-23-17-11-6-12-18-24-36)37(33)28-31(2)42-35-21-15-9-5-10-16-22-35/h25-26,30-32,34-36,40H,4-24,27-29H2,1-3H3. The van der Waals surface area contributed by atoms with Crippen LogP contribution in [0.3, 0.4) is 0 Å². The fourth-order valence-corrected chi connectivity index (χ4v) is 8.08. The molecule has 43 heavy (non-hydrogen) atoms. The first-order valence-corrected chi connectivity index (χ1v) is 18.8. The van der Waals surface area contributed by atoms with Crippen LogP contribution in [0.1, 0.15) is 172 Å². The van der Waals surface area contributed by atoms with Crippen molar-refractivity contribution in [3.8, 4) is 5.75 Å². The van der Waals surface area contributed by atoms with Crippen molar-refractivity contribution < 1.29 is 19.3 Å². The van der Waals surface area contributed by atoms with Gasteiger partial charge in [-0.2, -0.15) is 0 Å². The highest BCUT2D eigenvalue weighted by atomic mass is 16.5. The summed E-state index contributed by atoms with van der Waals surface area (Å²) >= 11 is 0. The number of hydrogen-bond donors (Lipinski definition) is 1. The number of aromatic hydroxyl groups is 1. The maximum absolute atomic E-state index is 11.3. The van der Waals surface area contributed by atoms with Crippen LogP contribution in [-0.2, 0) is 33.5 Å². The van der Waals surface area contributed by atoms with Crippen molar-refractivity contribution in [3.63, 3.8) is 0 Å². The molecule has 0 spiro atoms. The van der Waals surface area contributed by atoms with Crippen molar-refractivity contribution in [2.24, 2.45) is 0 Å². The Morgan fingerprint density at radius 3 is 1.21 bits per heavy atom. The first-order valence-electron chi connectivity index (χ1n) is 18.8. The normalized spacial score (nSPS) is 23.2. The zero-order valence-electron chi connectivity index (χ0n) is 28.3. The van der Waals surface area contributed by atoms with E-state index in [1.165, 1.54) is 146 Å². The van der Waals surface area contributed by atoms with E-state index in [4.69, 9.17) is 14.2 Å². The molecule has 3 saturated carbocycles. The molecule has 0 saturated heterocycles. The molecule has 3 fully saturated rings. The van der Waals surface area contributed by atoms with Gasteiger partial charge >= 0.3 is 0 Å². The van der Waals surface area contributed by atoms with Gasteiger partial charge in [0, 0.05) is 6.42 Å². The van der Waals surface area contributed by atoms with Gasteiger partial charge in [-0.25, -0.2) is 0 Å². The Bertz CT molecular complexity index is 875. The van der Waals surface area contributed by atoms with E-state index in [9.17, 15) is 5.11 Å². The van der Waals surface area contributed by atoms with Crippen LogP contribution in [0.2, 0.25) is 0 Å². The lowest BCUT2D eigenvalue weighted by Gasteiger charge is -2.29. The number of hydrogen-bond acceptors (Lipinski definition) is 4. The lowest BCUT2D eigenvalue weighted by Crippen LogP contribution is -2.26. The molecule has 3 atom stereocenters. The van der Waals surface area contributed by atoms with Crippen molar-refractivity contribution in [2.45, 2.75) is 211 Å². The van der Waals surface area contributed by atoms with Gasteiger partial charge in [-0.15, -0.1) is 0 Å². The first-order chi connectivity index (χ1) is 21.0. The van der Waals surface area contributed by atoms with Gasteiger partial charge in [0.05, 0.1) is 36.6 Å². The average molecular weight is 599 g/mol. The summed E-state index contributed by atoms with van der Waals surface area (Å²) in [5, 5.41) is 11.3. The Hall–Kier alpha value is -1.10. The Labute approximate surface area is 265 Å². The number of phenols is 1. The summed E-state index contributed by atoms with van der Waals surface area (Å²) in [6.07, 6.45) is 30.9. The number of ether oxygens (including phenoxy) is 3. The summed E-state index contributed by atoms with van der Waals surface area (Å²) in [7, 11) is 0. The molecule has 1 aromatic carbocycles. The Kier molecular flexibility index (Phi) is 15.7. The van der Waals surface area contributed by atoms with E-state index in [0.29, 0.717) is 24.1 Å². The molecule has 3 aliphatic rings. The second kappa shape index (κ2) is 19.4. The smallest absolute Gasteiger partial charge is 0.119 e. The van der Waals surface area contributed by atoms with Crippen LogP contribution in [-0.4, -0.2) is 41.7 Å². The minimum atomic E-state index is 0.0785. The highest BCUT2D eigenvalue weighted by Gasteiger charge is 2.24. The van der Waals surface area contributed by atoms with Crippen molar-refractivity contribution in [3.05, 3.63) is 28.8 Å². The van der Waals surface area contributed by atoms with Crippen LogP contribution in [0.4, 0.5) is 0 Å². The monoisotopic (exact) mass is 598 g/mol. The summed E-state index contributed by atoms with van der Waals surface area (Å²) in [5.41, 5.74) is 3.67. The number of benzene rings is 1. The van der Waals surface area contributed by atoms with Gasteiger partial charge in [-0.3, -0.25) is 0 Å². The van der Waals surface area contributed by atoms with Gasteiger partial charge in [0.2, 0.25) is 0 Å². The van der Waals surface area contributed by atoms with Gasteiger partial charge in [0.1, 0.15) is 5.75 Å². The lowest BCUT2D eigenvalue weighted by atomic mass is 9.89. The van der Waals surface area contributed by atoms with Crippen LogP contribution < -0.4 is 0 Å². The molecule has 0 aliphatic heterocycles. The Balaban J connectivity index is 1.48. The van der Waals surface area contributed by atoms with Crippen LogP contribution in [0.25, 0.3) is 0 Å². The van der Waals surface area contributed by atoms with Crippen LogP contribution in [0.15, 0.2) is 12.1 Å². The van der Waals surface area contributed by atoms with Gasteiger partial charge in [-0.05, 0) is 94.9 Å². The van der Waals surface area contributed by atoms with Gasteiger partial charge < -0.3 is 19.3 Å². The molecule has 4 nitrogen and oxygen atoms in total. The third-order valence-electron chi connectivity index (χ3n) is 10.4. The molecular formula is C39H66O4. The second-order valence-corrected chi connectivity index (χ2v) is 14.6. The molecule has 1 N–H and O–H groups in total. The molecular weight excluding hydrogens is 532 g/mol. The van der Waals surface area contributed by atoms with Crippen molar-refractivity contribution in [1.82, 2.24) is 0 Å². The molecule has 246 valence electrons. The summed E-state index contributed by atoms with van der Waals surface area (Å²) in [6, 6.07) is 4.09. The molecule has 0 amide bonds. The van der Waals surface area contributed by atoms with E-state index in [2.05, 4.69) is 26.8 Å². The van der Waals surface area contributed by atoms with Crippen molar-refractivity contribution in [2.75, 3.05) is 0 Å². The molecule has 0 radical (unpaired) electrons. The molecule has 1 aromatic rings. The quantitative estimate of drug-likeness (QED) is 0.260. The minimum Gasteiger partial charge on any atom is -0.508 e. The summed E-state index contributed by atoms with van der Waals surface area (Å²) in [4.78, 5) is 0. The zero-order chi connectivity index (χ0) is 30.3. The van der Waals surface area contributed by atoms with E-state index in [-0.39, 0.29) is 18.3 Å². The second-order valence-electron chi connectivity index (χ2n) is 14.6. The summed E-state index contributed by atoms with van der Waals surface area (Å²) in [5.74, 6) is 0.415. The first kappa shape index (κ1) is 34.8. The Morgan fingerprint density at radius 2 is 0.814 bits per heavy atom. The average Bonchev–Trinajstić information content (AvgIpc) is 2.92. The summed E-state index contributed by atoms with van der Waals surface area (Å²) < 4.78 is 20.1. The van der Waals surface area contributed by atoms with Crippen LogP contribution in [0.5, 0.6) is 5.75 Å². The van der Waals surface area contributed by atoms with E-state index in [0.717, 1.165) is 24.8 Å². The van der Waals surface area contributed by atoms with E-state index >= 15 is 0 Å². The maximum atomic E-state index is 11.3. The van der Waals surface area contributed by atoms with Crippen LogP contribution in [0, 0.1) is 0 Å². The molecule has 4 rings (SSSR count).